The minimum atomic E-state index is -0.532. The Morgan fingerprint density at radius 2 is 1.94 bits per heavy atom. The van der Waals surface area contributed by atoms with E-state index in [9.17, 15) is 4.79 Å². The topological polar surface area (TPSA) is 50.7 Å². The lowest BCUT2D eigenvalue weighted by Gasteiger charge is -2.07. The zero-order valence-electron chi connectivity index (χ0n) is 11.4. The standard InChI is InChI=1S/C14H20N2O2/c1-5-18-14(17)16-15-11(4)13-8-6-12(7-9-13)10(2)3/h6-10H,5H2,1-4H3,(H,16,17)/b15-11-. The number of amides is 1. The Bertz CT molecular complexity index is 422. The van der Waals surface area contributed by atoms with E-state index < -0.39 is 6.09 Å². The number of carbonyl (C=O) groups is 1. The molecule has 0 saturated carbocycles. The average molecular weight is 248 g/mol. The number of hydrogen-bond donors (Lipinski definition) is 1. The Balaban J connectivity index is 2.68. The summed E-state index contributed by atoms with van der Waals surface area (Å²) in [6.45, 7) is 8.23. The van der Waals surface area contributed by atoms with Gasteiger partial charge in [-0.2, -0.15) is 5.10 Å². The first-order chi connectivity index (χ1) is 8.54. The number of benzene rings is 1. The van der Waals surface area contributed by atoms with Gasteiger partial charge in [-0.25, -0.2) is 10.2 Å². The maximum Gasteiger partial charge on any atom is 0.427 e. The number of hydrazone groups is 1. The van der Waals surface area contributed by atoms with Gasteiger partial charge < -0.3 is 4.74 Å². The SMILES string of the molecule is CCOC(=O)N/N=C(/C)c1ccc(C(C)C)cc1. The highest BCUT2D eigenvalue weighted by molar-refractivity contribution is 5.99. The van der Waals surface area contributed by atoms with E-state index in [0.717, 1.165) is 11.3 Å². The molecule has 98 valence electrons. The molecule has 1 amide bonds. The fourth-order valence-corrected chi connectivity index (χ4v) is 1.47. The van der Waals surface area contributed by atoms with Crippen LogP contribution in [0.25, 0.3) is 0 Å². The van der Waals surface area contributed by atoms with Gasteiger partial charge in [0.05, 0.1) is 12.3 Å². The highest BCUT2D eigenvalue weighted by Crippen LogP contribution is 2.14. The third-order valence-electron chi connectivity index (χ3n) is 2.59. The molecule has 0 fully saturated rings. The lowest BCUT2D eigenvalue weighted by Crippen LogP contribution is -2.20. The van der Waals surface area contributed by atoms with E-state index in [4.69, 9.17) is 4.74 Å². The Kier molecular flexibility index (Phi) is 5.36. The van der Waals surface area contributed by atoms with Crippen molar-refractivity contribution in [1.82, 2.24) is 5.43 Å². The molecule has 0 radical (unpaired) electrons. The molecule has 0 spiro atoms. The van der Waals surface area contributed by atoms with Gasteiger partial charge in [-0.05, 0) is 30.9 Å². The molecule has 0 aliphatic carbocycles. The van der Waals surface area contributed by atoms with E-state index in [2.05, 4.69) is 36.5 Å². The zero-order valence-corrected chi connectivity index (χ0v) is 11.4. The van der Waals surface area contributed by atoms with Crippen LogP contribution in [-0.4, -0.2) is 18.4 Å². The van der Waals surface area contributed by atoms with Crippen LogP contribution in [-0.2, 0) is 4.74 Å². The summed E-state index contributed by atoms with van der Waals surface area (Å²) >= 11 is 0. The van der Waals surface area contributed by atoms with Crippen molar-refractivity contribution in [3.05, 3.63) is 35.4 Å². The van der Waals surface area contributed by atoms with Gasteiger partial charge in [-0.3, -0.25) is 0 Å². The monoisotopic (exact) mass is 248 g/mol. The highest BCUT2D eigenvalue weighted by Gasteiger charge is 2.02. The van der Waals surface area contributed by atoms with Gasteiger partial charge in [0.15, 0.2) is 0 Å². The Hall–Kier alpha value is -1.84. The molecule has 4 heteroatoms. The fourth-order valence-electron chi connectivity index (χ4n) is 1.47. The second-order valence-electron chi connectivity index (χ2n) is 4.31. The lowest BCUT2D eigenvalue weighted by molar-refractivity contribution is 0.152. The van der Waals surface area contributed by atoms with Gasteiger partial charge in [0.2, 0.25) is 0 Å². The van der Waals surface area contributed by atoms with Gasteiger partial charge in [-0.1, -0.05) is 38.1 Å². The molecule has 1 N–H and O–H groups in total. The quantitative estimate of drug-likeness (QED) is 0.656. The van der Waals surface area contributed by atoms with Crippen molar-refractivity contribution in [2.24, 2.45) is 5.10 Å². The summed E-state index contributed by atoms with van der Waals surface area (Å²) in [7, 11) is 0. The van der Waals surface area contributed by atoms with Gasteiger partial charge in [0.25, 0.3) is 0 Å². The summed E-state index contributed by atoms with van der Waals surface area (Å²) in [5, 5.41) is 3.98. The smallest absolute Gasteiger partial charge is 0.427 e. The Morgan fingerprint density at radius 1 is 1.33 bits per heavy atom. The first kappa shape index (κ1) is 14.2. The first-order valence-electron chi connectivity index (χ1n) is 6.12. The molecule has 0 atom stereocenters. The first-order valence-corrected chi connectivity index (χ1v) is 6.12. The molecule has 0 heterocycles. The van der Waals surface area contributed by atoms with Crippen molar-refractivity contribution < 1.29 is 9.53 Å². The van der Waals surface area contributed by atoms with Crippen LogP contribution < -0.4 is 5.43 Å². The zero-order chi connectivity index (χ0) is 13.5. The summed E-state index contributed by atoms with van der Waals surface area (Å²) in [5.74, 6) is 0.508. The van der Waals surface area contributed by atoms with Crippen LogP contribution in [0.1, 0.15) is 44.7 Å². The Labute approximate surface area is 108 Å². The van der Waals surface area contributed by atoms with Crippen LogP contribution in [0.15, 0.2) is 29.4 Å². The number of rotatable bonds is 4. The summed E-state index contributed by atoms with van der Waals surface area (Å²) < 4.78 is 4.72. The van der Waals surface area contributed by atoms with Crippen LogP contribution in [0.2, 0.25) is 0 Å². The van der Waals surface area contributed by atoms with Gasteiger partial charge in [0, 0.05) is 0 Å². The summed E-state index contributed by atoms with van der Waals surface area (Å²) in [5.41, 5.74) is 5.36. The van der Waals surface area contributed by atoms with E-state index in [-0.39, 0.29) is 0 Å². The number of ether oxygens (including phenoxy) is 1. The predicted molar refractivity (Wildman–Crippen MR) is 72.9 cm³/mol. The molecule has 1 aromatic rings. The molecule has 0 aliphatic heterocycles. The second-order valence-corrected chi connectivity index (χ2v) is 4.31. The molecule has 1 rings (SSSR count). The van der Waals surface area contributed by atoms with Gasteiger partial charge in [0.1, 0.15) is 0 Å². The van der Waals surface area contributed by atoms with E-state index >= 15 is 0 Å². The lowest BCUT2D eigenvalue weighted by atomic mass is 10.0. The summed E-state index contributed by atoms with van der Waals surface area (Å²) in [4.78, 5) is 11.1. The van der Waals surface area contributed by atoms with Crippen molar-refractivity contribution in [2.45, 2.75) is 33.6 Å². The third-order valence-corrected chi connectivity index (χ3v) is 2.59. The normalized spacial score (nSPS) is 11.5. The number of nitrogens with zero attached hydrogens (tertiary/aromatic N) is 1. The number of nitrogens with one attached hydrogen (secondary N) is 1. The summed E-state index contributed by atoms with van der Waals surface area (Å²) in [6, 6.07) is 8.15. The van der Waals surface area contributed by atoms with Crippen LogP contribution >= 0.6 is 0 Å². The van der Waals surface area contributed by atoms with Crippen molar-refractivity contribution in [2.75, 3.05) is 6.61 Å². The van der Waals surface area contributed by atoms with E-state index in [0.29, 0.717) is 12.5 Å². The number of carbonyl (C=O) groups excluding carboxylic acids is 1. The van der Waals surface area contributed by atoms with Crippen LogP contribution in [0.5, 0.6) is 0 Å². The third kappa shape index (κ3) is 4.20. The largest absolute Gasteiger partial charge is 0.449 e. The van der Waals surface area contributed by atoms with Crippen molar-refractivity contribution in [3.8, 4) is 0 Å². The molecule has 0 bridgehead atoms. The van der Waals surface area contributed by atoms with E-state index in [1.165, 1.54) is 5.56 Å². The van der Waals surface area contributed by atoms with E-state index in [1.54, 1.807) is 6.92 Å². The fraction of sp³-hybridized carbons (Fsp3) is 0.429. The molecule has 0 aliphatic rings. The van der Waals surface area contributed by atoms with E-state index in [1.807, 2.05) is 19.1 Å². The average Bonchev–Trinajstić information content (AvgIpc) is 2.36. The summed E-state index contributed by atoms with van der Waals surface area (Å²) in [6.07, 6.45) is -0.532. The molecular weight excluding hydrogens is 228 g/mol. The minimum absolute atomic E-state index is 0.337. The Morgan fingerprint density at radius 3 is 2.44 bits per heavy atom. The molecule has 0 saturated heterocycles. The minimum Gasteiger partial charge on any atom is -0.449 e. The van der Waals surface area contributed by atoms with Crippen LogP contribution in [0.3, 0.4) is 0 Å². The molecule has 4 nitrogen and oxygen atoms in total. The van der Waals surface area contributed by atoms with Crippen LogP contribution in [0, 0.1) is 0 Å². The predicted octanol–water partition coefficient (Wildman–Crippen LogP) is 3.28. The molecule has 1 aromatic carbocycles. The molecule has 0 unspecified atom stereocenters. The molecule has 18 heavy (non-hydrogen) atoms. The van der Waals surface area contributed by atoms with Crippen molar-refractivity contribution in [3.63, 3.8) is 0 Å². The van der Waals surface area contributed by atoms with Crippen molar-refractivity contribution >= 4 is 11.8 Å². The second kappa shape index (κ2) is 6.79. The highest BCUT2D eigenvalue weighted by atomic mass is 16.5. The van der Waals surface area contributed by atoms with Gasteiger partial charge >= 0.3 is 6.09 Å². The number of hydrogen-bond acceptors (Lipinski definition) is 3. The van der Waals surface area contributed by atoms with Crippen LogP contribution in [0.4, 0.5) is 4.79 Å². The molecule has 0 aromatic heterocycles. The maximum absolute atomic E-state index is 11.1. The molecular formula is C14H20N2O2. The van der Waals surface area contributed by atoms with Crippen molar-refractivity contribution in [1.29, 1.82) is 0 Å². The van der Waals surface area contributed by atoms with Gasteiger partial charge in [-0.15, -0.1) is 0 Å². The maximum atomic E-state index is 11.1.